The van der Waals surface area contributed by atoms with Gasteiger partial charge in [-0.05, 0) is 37.5 Å². The van der Waals surface area contributed by atoms with Gasteiger partial charge < -0.3 is 0 Å². The van der Waals surface area contributed by atoms with Crippen LogP contribution >= 0.6 is 11.3 Å². The van der Waals surface area contributed by atoms with E-state index in [1.165, 1.54) is 22.3 Å². The summed E-state index contributed by atoms with van der Waals surface area (Å²) in [6, 6.07) is 8.58. The number of thiazole rings is 1. The van der Waals surface area contributed by atoms with Crippen LogP contribution in [0.15, 0.2) is 42.0 Å². The second kappa shape index (κ2) is 5.78. The van der Waals surface area contributed by atoms with Gasteiger partial charge in [-0.3, -0.25) is 4.98 Å². The van der Waals surface area contributed by atoms with E-state index in [9.17, 15) is 0 Å². The molecule has 0 radical (unpaired) electrons. The predicted octanol–water partition coefficient (Wildman–Crippen LogP) is 5.05. The Morgan fingerprint density at radius 1 is 1.10 bits per heavy atom. The van der Waals surface area contributed by atoms with Crippen molar-refractivity contribution in [3.8, 4) is 21.8 Å². The quantitative estimate of drug-likeness (QED) is 0.675. The average molecular weight is 294 g/mol. The van der Waals surface area contributed by atoms with E-state index in [0.29, 0.717) is 0 Å². The van der Waals surface area contributed by atoms with Crippen molar-refractivity contribution < 1.29 is 0 Å². The molecule has 0 fully saturated rings. The fourth-order valence-electron chi connectivity index (χ4n) is 2.55. The molecule has 0 bridgehead atoms. The average Bonchev–Trinajstić information content (AvgIpc) is 2.96. The molecule has 0 unspecified atom stereocenters. The number of pyridine rings is 1. The van der Waals surface area contributed by atoms with Gasteiger partial charge in [-0.15, -0.1) is 11.3 Å². The Morgan fingerprint density at radius 2 is 1.95 bits per heavy atom. The number of aromatic nitrogens is 2. The lowest BCUT2D eigenvalue weighted by Gasteiger charge is -2.04. The molecule has 3 heteroatoms. The van der Waals surface area contributed by atoms with E-state index in [1.807, 2.05) is 12.4 Å². The molecule has 0 spiro atoms. The number of rotatable bonds is 3. The van der Waals surface area contributed by atoms with Crippen LogP contribution in [0.3, 0.4) is 0 Å². The van der Waals surface area contributed by atoms with Crippen LogP contribution in [0.25, 0.3) is 21.8 Å². The van der Waals surface area contributed by atoms with Gasteiger partial charge in [0.1, 0.15) is 5.01 Å². The first kappa shape index (κ1) is 14.0. The van der Waals surface area contributed by atoms with E-state index in [4.69, 9.17) is 4.98 Å². The van der Waals surface area contributed by atoms with Crippen molar-refractivity contribution in [2.24, 2.45) is 0 Å². The van der Waals surface area contributed by atoms with Gasteiger partial charge in [0, 0.05) is 28.9 Å². The SMILES string of the molecule is CCc1ccncc1-c1nc(-c2ccc(C)cc2C)cs1. The number of hydrogen-bond acceptors (Lipinski definition) is 3. The van der Waals surface area contributed by atoms with Gasteiger partial charge >= 0.3 is 0 Å². The number of benzene rings is 1. The maximum absolute atomic E-state index is 4.83. The summed E-state index contributed by atoms with van der Waals surface area (Å²) in [7, 11) is 0. The molecule has 2 nitrogen and oxygen atoms in total. The first-order valence-electron chi connectivity index (χ1n) is 7.15. The monoisotopic (exact) mass is 294 g/mol. The number of nitrogens with zero attached hydrogens (tertiary/aromatic N) is 2. The van der Waals surface area contributed by atoms with Gasteiger partial charge in [0.05, 0.1) is 5.69 Å². The zero-order chi connectivity index (χ0) is 14.8. The molecular formula is C18H18N2S. The summed E-state index contributed by atoms with van der Waals surface area (Å²) in [4.78, 5) is 9.08. The van der Waals surface area contributed by atoms with Crippen molar-refractivity contribution in [1.29, 1.82) is 0 Å². The molecule has 106 valence electrons. The molecule has 21 heavy (non-hydrogen) atoms. The van der Waals surface area contributed by atoms with Crippen molar-refractivity contribution in [3.05, 3.63) is 58.7 Å². The molecule has 0 aliphatic carbocycles. The molecule has 0 amide bonds. The molecule has 0 N–H and O–H groups in total. The molecule has 1 aromatic carbocycles. The summed E-state index contributed by atoms with van der Waals surface area (Å²) < 4.78 is 0. The summed E-state index contributed by atoms with van der Waals surface area (Å²) in [5.41, 5.74) is 7.27. The third-order valence-electron chi connectivity index (χ3n) is 3.68. The van der Waals surface area contributed by atoms with Gasteiger partial charge in [0.25, 0.3) is 0 Å². The van der Waals surface area contributed by atoms with E-state index in [0.717, 1.165) is 22.7 Å². The minimum absolute atomic E-state index is 0.996. The highest BCUT2D eigenvalue weighted by Crippen LogP contribution is 2.32. The fourth-order valence-corrected chi connectivity index (χ4v) is 3.41. The van der Waals surface area contributed by atoms with Crippen molar-refractivity contribution >= 4 is 11.3 Å². The minimum atomic E-state index is 0.996. The molecule has 0 saturated heterocycles. The Labute approximate surface area is 129 Å². The van der Waals surface area contributed by atoms with E-state index in [-0.39, 0.29) is 0 Å². The maximum Gasteiger partial charge on any atom is 0.125 e. The van der Waals surface area contributed by atoms with Crippen LogP contribution in [0.1, 0.15) is 23.6 Å². The summed E-state index contributed by atoms with van der Waals surface area (Å²) in [5.74, 6) is 0. The van der Waals surface area contributed by atoms with E-state index in [2.05, 4.69) is 55.4 Å². The zero-order valence-electron chi connectivity index (χ0n) is 12.6. The molecule has 3 rings (SSSR count). The Kier molecular flexibility index (Phi) is 3.84. The number of aryl methyl sites for hydroxylation is 3. The summed E-state index contributed by atoms with van der Waals surface area (Å²) in [6.45, 7) is 6.42. The van der Waals surface area contributed by atoms with Crippen molar-refractivity contribution in [2.75, 3.05) is 0 Å². The van der Waals surface area contributed by atoms with Crippen LogP contribution in [0.2, 0.25) is 0 Å². The highest BCUT2D eigenvalue weighted by Gasteiger charge is 2.11. The topological polar surface area (TPSA) is 25.8 Å². The van der Waals surface area contributed by atoms with E-state index in [1.54, 1.807) is 11.3 Å². The maximum atomic E-state index is 4.83. The lowest BCUT2D eigenvalue weighted by Crippen LogP contribution is -1.89. The Balaban J connectivity index is 2.04. The van der Waals surface area contributed by atoms with Gasteiger partial charge in [-0.1, -0.05) is 30.7 Å². The lowest BCUT2D eigenvalue weighted by atomic mass is 10.0. The zero-order valence-corrected chi connectivity index (χ0v) is 13.4. The molecule has 2 heterocycles. The summed E-state index contributed by atoms with van der Waals surface area (Å²) in [6.07, 6.45) is 4.76. The van der Waals surface area contributed by atoms with Gasteiger partial charge in [-0.25, -0.2) is 4.98 Å². The van der Waals surface area contributed by atoms with Gasteiger partial charge in [-0.2, -0.15) is 0 Å². The van der Waals surface area contributed by atoms with Gasteiger partial charge in [0.15, 0.2) is 0 Å². The van der Waals surface area contributed by atoms with Crippen LogP contribution in [-0.2, 0) is 6.42 Å². The van der Waals surface area contributed by atoms with Gasteiger partial charge in [0.2, 0.25) is 0 Å². The Hall–Kier alpha value is -2.00. The van der Waals surface area contributed by atoms with Crippen molar-refractivity contribution in [3.63, 3.8) is 0 Å². The minimum Gasteiger partial charge on any atom is -0.264 e. The van der Waals surface area contributed by atoms with Crippen LogP contribution in [0.4, 0.5) is 0 Å². The van der Waals surface area contributed by atoms with Crippen molar-refractivity contribution in [1.82, 2.24) is 9.97 Å². The first-order chi connectivity index (χ1) is 10.2. The molecule has 3 aromatic rings. The van der Waals surface area contributed by atoms with Crippen LogP contribution in [-0.4, -0.2) is 9.97 Å². The Morgan fingerprint density at radius 3 is 2.71 bits per heavy atom. The van der Waals surface area contributed by atoms with Crippen LogP contribution in [0, 0.1) is 13.8 Å². The third kappa shape index (κ3) is 2.74. The highest BCUT2D eigenvalue weighted by molar-refractivity contribution is 7.13. The smallest absolute Gasteiger partial charge is 0.125 e. The first-order valence-corrected chi connectivity index (χ1v) is 8.03. The molecular weight excluding hydrogens is 276 g/mol. The molecule has 2 aromatic heterocycles. The van der Waals surface area contributed by atoms with E-state index >= 15 is 0 Å². The second-order valence-electron chi connectivity index (χ2n) is 5.24. The van der Waals surface area contributed by atoms with E-state index < -0.39 is 0 Å². The standard InChI is InChI=1S/C18H18N2S/c1-4-14-7-8-19-10-16(14)18-20-17(11-21-18)15-6-5-12(2)9-13(15)3/h5-11H,4H2,1-3H3. The largest absolute Gasteiger partial charge is 0.264 e. The normalized spacial score (nSPS) is 10.8. The van der Waals surface area contributed by atoms with Crippen LogP contribution < -0.4 is 0 Å². The fraction of sp³-hybridized carbons (Fsp3) is 0.222. The predicted molar refractivity (Wildman–Crippen MR) is 89.6 cm³/mol. The van der Waals surface area contributed by atoms with Crippen LogP contribution in [0.5, 0.6) is 0 Å². The molecule has 0 atom stereocenters. The third-order valence-corrected chi connectivity index (χ3v) is 4.56. The summed E-state index contributed by atoms with van der Waals surface area (Å²) >= 11 is 1.69. The highest BCUT2D eigenvalue weighted by atomic mass is 32.1. The molecule has 0 saturated carbocycles. The lowest BCUT2D eigenvalue weighted by molar-refractivity contribution is 1.12. The Bertz CT molecular complexity index is 774. The number of hydrogen-bond donors (Lipinski definition) is 0. The molecule has 0 aliphatic rings. The second-order valence-corrected chi connectivity index (χ2v) is 6.10. The molecule has 0 aliphatic heterocycles. The summed E-state index contributed by atoms with van der Waals surface area (Å²) in [5, 5.41) is 3.19. The van der Waals surface area contributed by atoms with Crippen molar-refractivity contribution in [2.45, 2.75) is 27.2 Å².